The summed E-state index contributed by atoms with van der Waals surface area (Å²) in [5, 5.41) is 8.57. The van der Waals surface area contributed by atoms with Gasteiger partial charge in [0, 0.05) is 0 Å². The van der Waals surface area contributed by atoms with E-state index in [1.54, 1.807) is 0 Å². The number of hydrogen-bond donors (Lipinski definition) is 3. The van der Waals surface area contributed by atoms with Gasteiger partial charge in [-0.25, -0.2) is 0 Å². The highest BCUT2D eigenvalue weighted by Gasteiger charge is 2.10. The predicted octanol–water partition coefficient (Wildman–Crippen LogP) is 0.497. The first kappa shape index (κ1) is 9.78. The second kappa shape index (κ2) is 4.57. The molecular weight excluding hydrogens is 150 g/mol. The minimum atomic E-state index is -0.936. The maximum Gasteiger partial charge on any atom is 0.320 e. The topological polar surface area (TPSA) is 63.3 Å². The largest absolute Gasteiger partial charge is 0.480 e. The van der Waals surface area contributed by atoms with Crippen molar-refractivity contribution in [2.75, 3.05) is 0 Å². The van der Waals surface area contributed by atoms with E-state index in [-0.39, 0.29) is 5.25 Å². The Balaban J connectivity index is 3.40. The number of rotatable bonds is 4. The zero-order chi connectivity index (χ0) is 8.15. The molecule has 3 N–H and O–H groups in total. The number of carboxylic acids is 1. The first-order valence-corrected chi connectivity index (χ1v) is 3.72. The monoisotopic (exact) mass is 163 g/mol. The van der Waals surface area contributed by atoms with Crippen molar-refractivity contribution >= 4 is 18.6 Å². The molecule has 2 atom stereocenters. The molecule has 0 aliphatic carbocycles. The van der Waals surface area contributed by atoms with Crippen LogP contribution in [0.2, 0.25) is 0 Å². The fraction of sp³-hybridized carbons (Fsp3) is 0.833. The van der Waals surface area contributed by atoms with E-state index in [2.05, 4.69) is 12.6 Å². The van der Waals surface area contributed by atoms with Crippen molar-refractivity contribution in [3.8, 4) is 0 Å². The van der Waals surface area contributed by atoms with Crippen molar-refractivity contribution < 1.29 is 9.90 Å². The zero-order valence-corrected chi connectivity index (χ0v) is 6.84. The van der Waals surface area contributed by atoms with Gasteiger partial charge < -0.3 is 10.8 Å². The number of hydrogen-bond acceptors (Lipinski definition) is 3. The van der Waals surface area contributed by atoms with Crippen LogP contribution in [0.25, 0.3) is 0 Å². The van der Waals surface area contributed by atoms with Gasteiger partial charge in [0.05, 0.1) is 0 Å². The summed E-state index contributed by atoms with van der Waals surface area (Å²) in [4.78, 5) is 10.2. The third-order valence-electron chi connectivity index (χ3n) is 1.21. The molecule has 0 bridgehead atoms. The lowest BCUT2D eigenvalue weighted by Gasteiger charge is -2.06. The summed E-state index contributed by atoms with van der Waals surface area (Å²) < 4.78 is 0. The first-order valence-electron chi connectivity index (χ1n) is 3.20. The third-order valence-corrected chi connectivity index (χ3v) is 1.47. The molecule has 0 fully saturated rings. The SMILES string of the molecule is CC(S)CCC(N)C(=O)O. The first-order chi connectivity index (χ1) is 4.54. The minimum absolute atomic E-state index is 0.227. The number of carboxylic acid groups (broad SMARTS) is 1. The van der Waals surface area contributed by atoms with Gasteiger partial charge in [-0.3, -0.25) is 4.79 Å². The fourth-order valence-corrected chi connectivity index (χ4v) is 0.693. The Morgan fingerprint density at radius 2 is 2.20 bits per heavy atom. The molecule has 0 aliphatic heterocycles. The van der Waals surface area contributed by atoms with Crippen LogP contribution >= 0.6 is 12.6 Å². The molecule has 0 saturated carbocycles. The van der Waals surface area contributed by atoms with E-state index in [0.29, 0.717) is 6.42 Å². The van der Waals surface area contributed by atoms with E-state index in [1.165, 1.54) is 0 Å². The lowest BCUT2D eigenvalue weighted by molar-refractivity contribution is -0.138. The van der Waals surface area contributed by atoms with Crippen molar-refractivity contribution in [3.63, 3.8) is 0 Å². The predicted molar refractivity (Wildman–Crippen MR) is 43.3 cm³/mol. The van der Waals surface area contributed by atoms with Gasteiger partial charge in [-0.05, 0) is 18.1 Å². The van der Waals surface area contributed by atoms with E-state index in [0.717, 1.165) is 6.42 Å². The van der Waals surface area contributed by atoms with Gasteiger partial charge in [0.1, 0.15) is 6.04 Å². The van der Waals surface area contributed by atoms with Crippen molar-refractivity contribution in [1.29, 1.82) is 0 Å². The Morgan fingerprint density at radius 3 is 2.50 bits per heavy atom. The molecule has 0 amide bonds. The van der Waals surface area contributed by atoms with Crippen LogP contribution in [-0.2, 0) is 4.79 Å². The molecule has 0 spiro atoms. The van der Waals surface area contributed by atoms with Crippen LogP contribution < -0.4 is 5.73 Å². The highest BCUT2D eigenvalue weighted by Crippen LogP contribution is 2.04. The second-order valence-corrected chi connectivity index (χ2v) is 3.25. The van der Waals surface area contributed by atoms with Crippen molar-refractivity contribution in [1.82, 2.24) is 0 Å². The fourth-order valence-electron chi connectivity index (χ4n) is 0.544. The quantitative estimate of drug-likeness (QED) is 0.529. The van der Waals surface area contributed by atoms with Crippen LogP contribution in [0.15, 0.2) is 0 Å². The summed E-state index contributed by atoms with van der Waals surface area (Å²) in [5.74, 6) is -0.936. The summed E-state index contributed by atoms with van der Waals surface area (Å²) in [7, 11) is 0. The number of thiol groups is 1. The normalized spacial score (nSPS) is 16.3. The van der Waals surface area contributed by atoms with E-state index < -0.39 is 12.0 Å². The minimum Gasteiger partial charge on any atom is -0.480 e. The number of carbonyl (C=O) groups is 1. The molecule has 4 heteroatoms. The van der Waals surface area contributed by atoms with Crippen LogP contribution in [0.1, 0.15) is 19.8 Å². The lowest BCUT2D eigenvalue weighted by atomic mass is 10.1. The number of aliphatic carboxylic acids is 1. The average Bonchev–Trinajstić information content (AvgIpc) is 1.82. The molecule has 0 aromatic heterocycles. The third kappa shape index (κ3) is 4.64. The molecule has 0 saturated heterocycles. The van der Waals surface area contributed by atoms with Gasteiger partial charge in [-0.1, -0.05) is 6.92 Å². The van der Waals surface area contributed by atoms with Crippen molar-refractivity contribution in [2.45, 2.75) is 31.1 Å². The Bertz CT molecular complexity index is 116. The van der Waals surface area contributed by atoms with E-state index >= 15 is 0 Å². The average molecular weight is 163 g/mol. The molecule has 0 aromatic rings. The maximum absolute atomic E-state index is 10.2. The van der Waals surface area contributed by atoms with Gasteiger partial charge in [0.2, 0.25) is 0 Å². The van der Waals surface area contributed by atoms with Gasteiger partial charge in [-0.15, -0.1) is 0 Å². The van der Waals surface area contributed by atoms with E-state index in [1.807, 2.05) is 6.92 Å². The molecule has 0 aromatic carbocycles. The molecular formula is C6H13NO2S. The smallest absolute Gasteiger partial charge is 0.320 e. The van der Waals surface area contributed by atoms with Crippen LogP contribution in [0.5, 0.6) is 0 Å². The lowest BCUT2D eigenvalue weighted by Crippen LogP contribution is -2.30. The molecule has 2 unspecified atom stereocenters. The van der Waals surface area contributed by atoms with Crippen molar-refractivity contribution in [2.24, 2.45) is 5.73 Å². The molecule has 0 heterocycles. The summed E-state index contributed by atoms with van der Waals surface area (Å²) in [6, 6.07) is -0.727. The standard InChI is InChI=1S/C6H13NO2S/c1-4(10)2-3-5(7)6(8)9/h4-5,10H,2-3,7H2,1H3,(H,8,9). The summed E-state index contributed by atoms with van der Waals surface area (Å²) >= 11 is 4.09. The van der Waals surface area contributed by atoms with Gasteiger partial charge in [0.15, 0.2) is 0 Å². The highest BCUT2D eigenvalue weighted by atomic mass is 32.1. The molecule has 0 aliphatic rings. The zero-order valence-electron chi connectivity index (χ0n) is 5.95. The molecule has 0 radical (unpaired) electrons. The summed E-state index contributed by atoms with van der Waals surface area (Å²) in [6.45, 7) is 1.91. The van der Waals surface area contributed by atoms with Crippen LogP contribution in [0.3, 0.4) is 0 Å². The Kier molecular flexibility index (Phi) is 4.47. The van der Waals surface area contributed by atoms with Gasteiger partial charge in [-0.2, -0.15) is 12.6 Å². The van der Waals surface area contributed by atoms with Gasteiger partial charge in [0.25, 0.3) is 0 Å². The van der Waals surface area contributed by atoms with E-state index in [9.17, 15) is 4.79 Å². The maximum atomic E-state index is 10.2. The molecule has 0 rings (SSSR count). The Morgan fingerprint density at radius 1 is 1.70 bits per heavy atom. The summed E-state index contributed by atoms with van der Waals surface area (Å²) in [5.41, 5.74) is 5.23. The van der Waals surface area contributed by atoms with Crippen LogP contribution in [0.4, 0.5) is 0 Å². The molecule has 60 valence electrons. The summed E-state index contributed by atoms with van der Waals surface area (Å²) in [6.07, 6.45) is 1.25. The number of nitrogens with two attached hydrogens (primary N) is 1. The van der Waals surface area contributed by atoms with E-state index in [4.69, 9.17) is 10.8 Å². The van der Waals surface area contributed by atoms with Crippen LogP contribution in [0, 0.1) is 0 Å². The highest BCUT2D eigenvalue weighted by molar-refractivity contribution is 7.80. The molecule has 3 nitrogen and oxygen atoms in total. The Hall–Kier alpha value is -0.220. The molecule has 10 heavy (non-hydrogen) atoms. The Labute approximate surface area is 66.0 Å². The second-order valence-electron chi connectivity index (χ2n) is 2.37. The van der Waals surface area contributed by atoms with Gasteiger partial charge >= 0.3 is 5.97 Å². The van der Waals surface area contributed by atoms with Crippen LogP contribution in [-0.4, -0.2) is 22.4 Å². The van der Waals surface area contributed by atoms with Crippen molar-refractivity contribution in [3.05, 3.63) is 0 Å².